The first-order valence-corrected chi connectivity index (χ1v) is 10.2. The van der Waals surface area contributed by atoms with Crippen molar-refractivity contribution in [1.29, 1.82) is 5.41 Å². The van der Waals surface area contributed by atoms with Gasteiger partial charge in [0.05, 0.1) is 5.56 Å². The van der Waals surface area contributed by atoms with E-state index in [1.165, 1.54) is 5.56 Å². The number of rotatable bonds is 5. The standard InChI is InChI=1S/C25H23N3O3/c26-23(27)15-9-11-18(12-10-15)28-24(29)22-14-17-6-2-1-5-16(17)13-21(22)19-7-3-4-8-20(19)25(30)31/h3-4,7-14H,1-2,5-6H2,(H3,26,27)(H,28,29)(H,30,31). The third-order valence-electron chi connectivity index (χ3n) is 5.63. The summed E-state index contributed by atoms with van der Waals surface area (Å²) in [7, 11) is 0. The summed E-state index contributed by atoms with van der Waals surface area (Å²) in [6.07, 6.45) is 3.99. The maximum atomic E-state index is 13.3. The van der Waals surface area contributed by atoms with Crippen molar-refractivity contribution in [2.75, 3.05) is 5.32 Å². The molecule has 6 heteroatoms. The van der Waals surface area contributed by atoms with E-state index in [0.29, 0.717) is 27.9 Å². The summed E-state index contributed by atoms with van der Waals surface area (Å²) in [5.41, 5.74) is 10.7. The van der Waals surface area contributed by atoms with Crippen molar-refractivity contribution in [3.05, 3.63) is 88.5 Å². The average Bonchev–Trinajstić information content (AvgIpc) is 2.78. The van der Waals surface area contributed by atoms with Gasteiger partial charge in [0, 0.05) is 16.8 Å². The monoisotopic (exact) mass is 413 g/mol. The predicted octanol–water partition coefficient (Wildman–Crippen LogP) is 4.47. The van der Waals surface area contributed by atoms with Crippen molar-refractivity contribution >= 4 is 23.4 Å². The topological polar surface area (TPSA) is 116 Å². The molecule has 0 spiro atoms. The smallest absolute Gasteiger partial charge is 0.336 e. The zero-order chi connectivity index (χ0) is 22.0. The molecule has 1 aliphatic rings. The molecule has 31 heavy (non-hydrogen) atoms. The van der Waals surface area contributed by atoms with Crippen LogP contribution >= 0.6 is 0 Å². The van der Waals surface area contributed by atoms with Gasteiger partial charge in [-0.1, -0.05) is 24.3 Å². The van der Waals surface area contributed by atoms with Crippen LogP contribution in [-0.4, -0.2) is 22.8 Å². The number of amides is 1. The molecule has 0 fully saturated rings. The van der Waals surface area contributed by atoms with Crippen LogP contribution in [0.25, 0.3) is 11.1 Å². The fourth-order valence-corrected chi connectivity index (χ4v) is 4.03. The second-order valence-corrected chi connectivity index (χ2v) is 7.67. The van der Waals surface area contributed by atoms with Crippen molar-refractivity contribution in [2.45, 2.75) is 25.7 Å². The Kier molecular flexibility index (Phi) is 5.54. The van der Waals surface area contributed by atoms with Gasteiger partial charge in [-0.15, -0.1) is 0 Å². The Hall–Kier alpha value is -3.93. The molecule has 156 valence electrons. The van der Waals surface area contributed by atoms with Gasteiger partial charge in [-0.3, -0.25) is 10.2 Å². The van der Waals surface area contributed by atoms with Crippen LogP contribution in [0.5, 0.6) is 0 Å². The Morgan fingerprint density at radius 2 is 1.52 bits per heavy atom. The fraction of sp³-hybridized carbons (Fsp3) is 0.160. The first-order chi connectivity index (χ1) is 14.9. The van der Waals surface area contributed by atoms with E-state index in [4.69, 9.17) is 11.1 Å². The number of hydrogen-bond donors (Lipinski definition) is 4. The second kappa shape index (κ2) is 8.44. The number of nitrogen functional groups attached to an aromatic ring is 1. The number of carboxylic acid groups (broad SMARTS) is 1. The number of carbonyl (C=O) groups is 2. The Morgan fingerprint density at radius 1 is 0.871 bits per heavy atom. The highest BCUT2D eigenvalue weighted by Crippen LogP contribution is 2.33. The minimum Gasteiger partial charge on any atom is -0.478 e. The Labute approximate surface area is 180 Å². The normalized spacial score (nSPS) is 12.6. The molecular weight excluding hydrogens is 390 g/mol. The van der Waals surface area contributed by atoms with Gasteiger partial charge in [-0.2, -0.15) is 0 Å². The molecule has 0 radical (unpaired) electrons. The SMILES string of the molecule is N=C(N)c1ccc(NC(=O)c2cc3c(cc2-c2ccccc2C(=O)O)CCCC3)cc1. The van der Waals surface area contributed by atoms with E-state index in [0.717, 1.165) is 31.2 Å². The Balaban J connectivity index is 1.78. The van der Waals surface area contributed by atoms with Crippen LogP contribution < -0.4 is 11.1 Å². The molecule has 1 aliphatic carbocycles. The molecule has 3 aromatic rings. The molecule has 6 nitrogen and oxygen atoms in total. The summed E-state index contributed by atoms with van der Waals surface area (Å²) < 4.78 is 0. The largest absolute Gasteiger partial charge is 0.478 e. The van der Waals surface area contributed by atoms with Crippen LogP contribution in [-0.2, 0) is 12.8 Å². The van der Waals surface area contributed by atoms with Gasteiger partial charge in [0.1, 0.15) is 5.84 Å². The van der Waals surface area contributed by atoms with Gasteiger partial charge in [0.15, 0.2) is 0 Å². The summed E-state index contributed by atoms with van der Waals surface area (Å²) in [4.78, 5) is 25.1. The molecule has 0 bridgehead atoms. The molecule has 4 rings (SSSR count). The van der Waals surface area contributed by atoms with Crippen molar-refractivity contribution in [1.82, 2.24) is 0 Å². The van der Waals surface area contributed by atoms with Crippen LogP contribution in [0.15, 0.2) is 60.7 Å². The lowest BCUT2D eigenvalue weighted by molar-refractivity contribution is 0.0697. The van der Waals surface area contributed by atoms with Gasteiger partial charge < -0.3 is 16.2 Å². The van der Waals surface area contributed by atoms with Crippen molar-refractivity contribution < 1.29 is 14.7 Å². The third-order valence-corrected chi connectivity index (χ3v) is 5.63. The third kappa shape index (κ3) is 4.19. The number of hydrogen-bond acceptors (Lipinski definition) is 3. The highest BCUT2D eigenvalue weighted by molar-refractivity contribution is 6.10. The van der Waals surface area contributed by atoms with E-state index in [-0.39, 0.29) is 17.3 Å². The van der Waals surface area contributed by atoms with E-state index in [1.807, 2.05) is 12.1 Å². The van der Waals surface area contributed by atoms with E-state index in [9.17, 15) is 14.7 Å². The minimum atomic E-state index is -1.03. The van der Waals surface area contributed by atoms with Gasteiger partial charge in [0.2, 0.25) is 0 Å². The van der Waals surface area contributed by atoms with Gasteiger partial charge in [-0.05, 0) is 84.3 Å². The fourth-order valence-electron chi connectivity index (χ4n) is 4.03. The van der Waals surface area contributed by atoms with Gasteiger partial charge in [0.25, 0.3) is 5.91 Å². The Morgan fingerprint density at radius 3 is 2.16 bits per heavy atom. The molecule has 5 N–H and O–H groups in total. The van der Waals surface area contributed by atoms with Crippen LogP contribution in [0.4, 0.5) is 5.69 Å². The minimum absolute atomic E-state index is 0.0415. The number of aryl methyl sites for hydroxylation is 2. The van der Waals surface area contributed by atoms with E-state index in [2.05, 4.69) is 5.32 Å². The van der Waals surface area contributed by atoms with Crippen LogP contribution in [0.3, 0.4) is 0 Å². The van der Waals surface area contributed by atoms with Crippen molar-refractivity contribution in [2.24, 2.45) is 5.73 Å². The van der Waals surface area contributed by atoms with Gasteiger partial charge in [-0.25, -0.2) is 4.79 Å². The summed E-state index contributed by atoms with van der Waals surface area (Å²) in [6.45, 7) is 0. The summed E-state index contributed by atoms with van der Waals surface area (Å²) in [5, 5.41) is 20.1. The number of fused-ring (bicyclic) bond motifs is 1. The first-order valence-electron chi connectivity index (χ1n) is 10.2. The maximum absolute atomic E-state index is 13.3. The molecule has 0 aromatic heterocycles. The van der Waals surface area contributed by atoms with Crippen LogP contribution in [0, 0.1) is 5.41 Å². The van der Waals surface area contributed by atoms with E-state index >= 15 is 0 Å². The maximum Gasteiger partial charge on any atom is 0.336 e. The number of amidine groups is 1. The molecule has 0 saturated heterocycles. The average molecular weight is 413 g/mol. The lowest BCUT2D eigenvalue weighted by atomic mass is 9.85. The quantitative estimate of drug-likeness (QED) is 0.365. The highest BCUT2D eigenvalue weighted by Gasteiger charge is 2.22. The number of aromatic carboxylic acids is 1. The van der Waals surface area contributed by atoms with E-state index in [1.54, 1.807) is 48.5 Å². The number of anilines is 1. The summed E-state index contributed by atoms with van der Waals surface area (Å²) in [5.74, 6) is -1.38. The number of nitrogens with one attached hydrogen (secondary N) is 2. The summed E-state index contributed by atoms with van der Waals surface area (Å²) in [6, 6.07) is 17.4. The zero-order valence-corrected chi connectivity index (χ0v) is 16.9. The second-order valence-electron chi connectivity index (χ2n) is 7.67. The number of carbonyl (C=O) groups excluding carboxylic acids is 1. The number of carboxylic acids is 1. The highest BCUT2D eigenvalue weighted by atomic mass is 16.4. The van der Waals surface area contributed by atoms with Crippen LogP contribution in [0.2, 0.25) is 0 Å². The number of nitrogens with two attached hydrogens (primary N) is 1. The Bertz CT molecular complexity index is 1180. The molecule has 0 aliphatic heterocycles. The summed E-state index contributed by atoms with van der Waals surface area (Å²) >= 11 is 0. The van der Waals surface area contributed by atoms with Gasteiger partial charge >= 0.3 is 5.97 Å². The van der Waals surface area contributed by atoms with E-state index < -0.39 is 5.97 Å². The molecule has 0 atom stereocenters. The van der Waals surface area contributed by atoms with Crippen LogP contribution in [0.1, 0.15) is 50.2 Å². The molecule has 1 amide bonds. The molecule has 0 saturated carbocycles. The zero-order valence-electron chi connectivity index (χ0n) is 16.9. The lowest BCUT2D eigenvalue weighted by Crippen LogP contribution is -2.16. The molecule has 0 heterocycles. The van der Waals surface area contributed by atoms with Crippen molar-refractivity contribution in [3.8, 4) is 11.1 Å². The number of benzene rings is 3. The lowest BCUT2D eigenvalue weighted by Gasteiger charge is -2.20. The molecule has 3 aromatic carbocycles. The first kappa shape index (κ1) is 20.3. The molecular formula is C25H23N3O3. The molecule has 0 unspecified atom stereocenters. The van der Waals surface area contributed by atoms with Crippen molar-refractivity contribution in [3.63, 3.8) is 0 Å². The predicted molar refractivity (Wildman–Crippen MR) is 121 cm³/mol.